The second-order valence-electron chi connectivity index (χ2n) is 9.67. The first-order chi connectivity index (χ1) is 20.6. The average molecular weight is 567 g/mol. The number of anilines is 2. The van der Waals surface area contributed by atoms with E-state index < -0.39 is 0 Å². The molecule has 0 bridgehead atoms. The lowest BCUT2D eigenvalue weighted by Crippen LogP contribution is -2.29. The molecular weight excluding hydrogens is 528 g/mol. The lowest BCUT2D eigenvalue weighted by atomic mass is 10.1. The second-order valence-corrected chi connectivity index (χ2v) is 9.67. The van der Waals surface area contributed by atoms with Gasteiger partial charge in [0.25, 0.3) is 0 Å². The van der Waals surface area contributed by atoms with Gasteiger partial charge in [-0.1, -0.05) is 48.6 Å². The predicted octanol–water partition coefficient (Wildman–Crippen LogP) is 4.07. The van der Waals surface area contributed by atoms with Gasteiger partial charge in [0.05, 0.1) is 37.8 Å². The number of nitrogens with zero attached hydrogens (tertiary/aromatic N) is 4. The Morgan fingerprint density at radius 1 is 0.452 bits per heavy atom. The smallest absolute Gasteiger partial charge is 0.0892 e. The molecule has 42 heavy (non-hydrogen) atoms. The van der Waals surface area contributed by atoms with Gasteiger partial charge in [0.2, 0.25) is 0 Å². The van der Waals surface area contributed by atoms with Crippen LogP contribution in [0, 0.1) is 0 Å². The Bertz CT molecular complexity index is 1320. The molecule has 0 unspecified atom stereocenters. The Balaban J connectivity index is 1.43. The Morgan fingerprint density at radius 3 is 1.12 bits per heavy atom. The normalized spacial score (nSPS) is 11.4. The molecule has 4 aromatic rings. The summed E-state index contributed by atoms with van der Waals surface area (Å²) in [6, 6.07) is 23.9. The first-order valence-corrected chi connectivity index (χ1v) is 14.1. The summed E-state index contributed by atoms with van der Waals surface area (Å²) in [6.45, 7) is 2.04. The van der Waals surface area contributed by atoms with E-state index >= 15 is 0 Å². The number of aliphatic hydroxyl groups excluding tert-OH is 4. The SMILES string of the molecule is OCCN(CCO)c1ccc(/C=C/c2ccnc(-c3cc(/C=C/c4ccc(N(CCO)CCO)cc4)ccn3)c2)cc1. The van der Waals surface area contributed by atoms with E-state index in [1.165, 1.54) is 0 Å². The van der Waals surface area contributed by atoms with Gasteiger partial charge in [0.15, 0.2) is 0 Å². The van der Waals surface area contributed by atoms with E-state index in [9.17, 15) is 20.4 Å². The fourth-order valence-corrected chi connectivity index (χ4v) is 4.58. The molecule has 2 heterocycles. The first kappa shape index (κ1) is 30.6. The third-order valence-corrected chi connectivity index (χ3v) is 6.76. The highest BCUT2D eigenvalue weighted by Gasteiger charge is 2.06. The zero-order chi connectivity index (χ0) is 29.6. The number of benzene rings is 2. The van der Waals surface area contributed by atoms with Crippen LogP contribution in [-0.4, -0.2) is 83.0 Å². The van der Waals surface area contributed by atoms with Crippen molar-refractivity contribution >= 4 is 35.7 Å². The van der Waals surface area contributed by atoms with Crippen molar-refractivity contribution < 1.29 is 20.4 Å². The van der Waals surface area contributed by atoms with E-state index in [4.69, 9.17) is 0 Å². The van der Waals surface area contributed by atoms with E-state index in [2.05, 4.69) is 9.97 Å². The van der Waals surface area contributed by atoms with Crippen LogP contribution >= 0.6 is 0 Å². The minimum atomic E-state index is 0.0340. The number of aliphatic hydroxyl groups is 4. The lowest BCUT2D eigenvalue weighted by Gasteiger charge is -2.22. The molecule has 0 amide bonds. The van der Waals surface area contributed by atoms with Crippen molar-refractivity contribution in [1.29, 1.82) is 0 Å². The standard InChI is InChI=1S/C34H38N4O4/c39-21-17-37(18-22-40)31-9-5-27(6-10-31)1-3-29-13-15-35-33(25-29)34-26-30(14-16-36-34)4-2-28-7-11-32(12-8-28)38(19-23-41)20-24-42/h1-16,25-26,39-42H,17-24H2/b3-1+,4-2+. The highest BCUT2D eigenvalue weighted by Crippen LogP contribution is 2.21. The van der Waals surface area contributed by atoms with E-state index in [0.717, 1.165) is 45.0 Å². The van der Waals surface area contributed by atoms with Gasteiger partial charge in [-0.15, -0.1) is 0 Å². The van der Waals surface area contributed by atoms with Crippen LogP contribution in [0.2, 0.25) is 0 Å². The third-order valence-electron chi connectivity index (χ3n) is 6.76. The van der Waals surface area contributed by atoms with Crippen molar-refractivity contribution in [3.63, 3.8) is 0 Å². The van der Waals surface area contributed by atoms with E-state index in [1.807, 2.05) is 107 Å². The van der Waals surface area contributed by atoms with Gasteiger partial charge >= 0.3 is 0 Å². The zero-order valence-corrected chi connectivity index (χ0v) is 23.6. The molecule has 0 saturated carbocycles. The molecular formula is C34H38N4O4. The molecule has 4 rings (SSSR count). The van der Waals surface area contributed by atoms with Crippen molar-refractivity contribution in [1.82, 2.24) is 9.97 Å². The fraction of sp³-hybridized carbons (Fsp3) is 0.235. The van der Waals surface area contributed by atoms with Crippen molar-refractivity contribution in [3.8, 4) is 11.4 Å². The van der Waals surface area contributed by atoms with Crippen molar-refractivity contribution in [2.45, 2.75) is 0 Å². The van der Waals surface area contributed by atoms with Gasteiger partial charge in [-0.05, 0) is 70.8 Å². The van der Waals surface area contributed by atoms with E-state index in [0.29, 0.717) is 26.2 Å². The second kappa shape index (κ2) is 16.2. The number of hydrogen-bond donors (Lipinski definition) is 4. The summed E-state index contributed by atoms with van der Waals surface area (Å²) < 4.78 is 0. The maximum absolute atomic E-state index is 9.27. The largest absolute Gasteiger partial charge is 0.395 e. The summed E-state index contributed by atoms with van der Waals surface area (Å²) in [5, 5.41) is 37.1. The zero-order valence-electron chi connectivity index (χ0n) is 23.6. The Labute approximate surface area is 247 Å². The maximum Gasteiger partial charge on any atom is 0.0892 e. The van der Waals surface area contributed by atoms with Gasteiger partial charge in [-0.25, -0.2) is 0 Å². The molecule has 0 aliphatic carbocycles. The quantitative estimate of drug-likeness (QED) is 0.170. The molecule has 8 heteroatoms. The van der Waals surface area contributed by atoms with Gasteiger partial charge in [0.1, 0.15) is 0 Å². The number of hydrogen-bond acceptors (Lipinski definition) is 8. The molecule has 0 spiro atoms. The first-order valence-electron chi connectivity index (χ1n) is 14.1. The minimum Gasteiger partial charge on any atom is -0.395 e. The minimum absolute atomic E-state index is 0.0340. The average Bonchev–Trinajstić information content (AvgIpc) is 3.03. The van der Waals surface area contributed by atoms with Gasteiger partial charge in [-0.3, -0.25) is 9.97 Å². The van der Waals surface area contributed by atoms with Crippen LogP contribution in [0.5, 0.6) is 0 Å². The molecule has 0 aliphatic rings. The van der Waals surface area contributed by atoms with Crippen LogP contribution in [0.1, 0.15) is 22.3 Å². The highest BCUT2D eigenvalue weighted by atomic mass is 16.3. The summed E-state index contributed by atoms with van der Waals surface area (Å²) in [5.41, 5.74) is 7.57. The molecule has 2 aromatic carbocycles. The van der Waals surface area contributed by atoms with Crippen LogP contribution in [0.15, 0.2) is 85.2 Å². The molecule has 0 aliphatic heterocycles. The summed E-state index contributed by atoms with van der Waals surface area (Å²) in [4.78, 5) is 13.0. The fourth-order valence-electron chi connectivity index (χ4n) is 4.58. The van der Waals surface area contributed by atoms with Crippen LogP contribution in [0.25, 0.3) is 35.7 Å². The number of rotatable bonds is 15. The molecule has 0 saturated heterocycles. The van der Waals surface area contributed by atoms with Gasteiger partial charge < -0.3 is 30.2 Å². The number of aromatic nitrogens is 2. The van der Waals surface area contributed by atoms with Crippen LogP contribution in [0.3, 0.4) is 0 Å². The summed E-state index contributed by atoms with van der Waals surface area (Å²) >= 11 is 0. The molecule has 218 valence electrons. The van der Waals surface area contributed by atoms with Crippen molar-refractivity contribution in [3.05, 3.63) is 107 Å². The Morgan fingerprint density at radius 2 is 0.786 bits per heavy atom. The highest BCUT2D eigenvalue weighted by molar-refractivity contribution is 5.74. The molecule has 4 N–H and O–H groups in total. The lowest BCUT2D eigenvalue weighted by molar-refractivity contribution is 0.280. The number of pyridine rings is 2. The van der Waals surface area contributed by atoms with Crippen molar-refractivity contribution in [2.75, 3.05) is 62.4 Å². The molecule has 2 aromatic heterocycles. The van der Waals surface area contributed by atoms with Crippen molar-refractivity contribution in [2.24, 2.45) is 0 Å². The van der Waals surface area contributed by atoms with Crippen LogP contribution in [0.4, 0.5) is 11.4 Å². The van der Waals surface area contributed by atoms with Crippen LogP contribution < -0.4 is 9.80 Å². The molecule has 8 nitrogen and oxygen atoms in total. The Kier molecular flexibility index (Phi) is 11.8. The monoisotopic (exact) mass is 566 g/mol. The van der Waals surface area contributed by atoms with E-state index in [-0.39, 0.29) is 26.4 Å². The van der Waals surface area contributed by atoms with E-state index in [1.54, 1.807) is 12.4 Å². The van der Waals surface area contributed by atoms with Gasteiger partial charge in [-0.2, -0.15) is 0 Å². The molecule has 0 radical (unpaired) electrons. The summed E-state index contributed by atoms with van der Waals surface area (Å²) in [5.74, 6) is 0. The molecule has 0 atom stereocenters. The maximum atomic E-state index is 9.27. The van der Waals surface area contributed by atoms with Crippen LogP contribution in [-0.2, 0) is 0 Å². The summed E-state index contributed by atoms with van der Waals surface area (Å²) in [6.07, 6.45) is 11.7. The Hall–Kier alpha value is -4.34. The third kappa shape index (κ3) is 8.83. The summed E-state index contributed by atoms with van der Waals surface area (Å²) in [7, 11) is 0. The topological polar surface area (TPSA) is 113 Å². The molecule has 0 fully saturated rings. The van der Waals surface area contributed by atoms with Gasteiger partial charge in [0, 0.05) is 49.9 Å². The predicted molar refractivity (Wildman–Crippen MR) is 171 cm³/mol.